The van der Waals surface area contributed by atoms with Gasteiger partial charge in [0.25, 0.3) is 5.91 Å². The zero-order valence-electron chi connectivity index (χ0n) is 11.2. The first-order valence-electron chi connectivity index (χ1n) is 6.76. The third-order valence-corrected chi connectivity index (χ3v) is 3.93. The maximum Gasteiger partial charge on any atom is 0.257 e. The highest BCUT2D eigenvalue weighted by atomic mass is 35.5. The fourth-order valence-corrected chi connectivity index (χ4v) is 2.45. The number of carbonyl (C=O) groups is 1. The van der Waals surface area contributed by atoms with E-state index in [1.54, 1.807) is 17.0 Å². The van der Waals surface area contributed by atoms with Crippen molar-refractivity contribution >= 4 is 17.5 Å². The number of nitrogens with zero attached hydrogens (tertiary/aromatic N) is 1. The van der Waals surface area contributed by atoms with Crippen LogP contribution in [0.3, 0.4) is 0 Å². The average molecular weight is 284 g/mol. The van der Waals surface area contributed by atoms with Crippen molar-refractivity contribution in [1.29, 1.82) is 0 Å². The fraction of sp³-hybridized carbons (Fsp3) is 0.533. The highest BCUT2D eigenvalue weighted by molar-refractivity contribution is 6.17. The van der Waals surface area contributed by atoms with Gasteiger partial charge in [0.05, 0.1) is 5.56 Å². The SMILES string of the molecule is Cc1ccc(C(=O)N(CCCCl)C2CCC2)c(F)c1. The molecule has 0 radical (unpaired) electrons. The van der Waals surface area contributed by atoms with Crippen molar-refractivity contribution < 1.29 is 9.18 Å². The Morgan fingerprint density at radius 3 is 2.74 bits per heavy atom. The summed E-state index contributed by atoms with van der Waals surface area (Å²) in [6, 6.07) is 5.03. The minimum atomic E-state index is -0.430. The van der Waals surface area contributed by atoms with Crippen LogP contribution in [0.25, 0.3) is 0 Å². The van der Waals surface area contributed by atoms with E-state index in [0.29, 0.717) is 12.4 Å². The van der Waals surface area contributed by atoms with Crippen LogP contribution in [0.5, 0.6) is 0 Å². The fourth-order valence-electron chi connectivity index (χ4n) is 2.33. The summed E-state index contributed by atoms with van der Waals surface area (Å²) in [4.78, 5) is 14.3. The first kappa shape index (κ1) is 14.3. The Morgan fingerprint density at radius 2 is 2.21 bits per heavy atom. The Labute approximate surface area is 118 Å². The summed E-state index contributed by atoms with van der Waals surface area (Å²) in [6.45, 7) is 2.43. The molecule has 0 aromatic heterocycles. The van der Waals surface area contributed by atoms with E-state index >= 15 is 0 Å². The van der Waals surface area contributed by atoms with Crippen molar-refractivity contribution in [3.63, 3.8) is 0 Å². The molecule has 1 aromatic carbocycles. The van der Waals surface area contributed by atoms with Crippen LogP contribution in [-0.4, -0.2) is 29.3 Å². The molecule has 1 saturated carbocycles. The van der Waals surface area contributed by atoms with Crippen LogP contribution in [0.1, 0.15) is 41.6 Å². The molecule has 1 aliphatic carbocycles. The number of carbonyl (C=O) groups excluding carboxylic acids is 1. The topological polar surface area (TPSA) is 20.3 Å². The highest BCUT2D eigenvalue weighted by Gasteiger charge is 2.30. The summed E-state index contributed by atoms with van der Waals surface area (Å²) in [6.07, 6.45) is 3.92. The van der Waals surface area contributed by atoms with Crippen molar-refractivity contribution in [2.45, 2.75) is 38.6 Å². The summed E-state index contributed by atoms with van der Waals surface area (Å²) in [5, 5.41) is 0. The lowest BCUT2D eigenvalue weighted by Crippen LogP contribution is -2.45. The predicted octanol–water partition coefficient (Wildman–Crippen LogP) is 3.76. The number of rotatable bonds is 5. The van der Waals surface area contributed by atoms with E-state index in [0.717, 1.165) is 31.2 Å². The molecule has 2 nitrogen and oxygen atoms in total. The third-order valence-electron chi connectivity index (χ3n) is 3.66. The lowest BCUT2D eigenvalue weighted by atomic mass is 9.90. The predicted molar refractivity (Wildman–Crippen MR) is 75.1 cm³/mol. The molecule has 0 unspecified atom stereocenters. The molecule has 0 saturated heterocycles. The smallest absolute Gasteiger partial charge is 0.257 e. The number of benzene rings is 1. The lowest BCUT2D eigenvalue weighted by Gasteiger charge is -2.37. The van der Waals surface area contributed by atoms with Gasteiger partial charge in [-0.2, -0.15) is 0 Å². The van der Waals surface area contributed by atoms with Crippen molar-refractivity contribution in [3.05, 3.63) is 35.1 Å². The van der Waals surface area contributed by atoms with Crippen LogP contribution in [0.4, 0.5) is 4.39 Å². The van der Waals surface area contributed by atoms with Crippen LogP contribution in [-0.2, 0) is 0 Å². The highest BCUT2D eigenvalue weighted by Crippen LogP contribution is 2.27. The first-order chi connectivity index (χ1) is 9.13. The molecule has 0 N–H and O–H groups in total. The summed E-state index contributed by atoms with van der Waals surface area (Å²) >= 11 is 5.70. The van der Waals surface area contributed by atoms with Gasteiger partial charge in [-0.05, 0) is 50.3 Å². The van der Waals surface area contributed by atoms with Gasteiger partial charge < -0.3 is 4.90 Å². The molecule has 2 rings (SSSR count). The standard InChI is InChI=1S/C15H19ClFNO/c1-11-6-7-13(14(17)10-11)15(19)18(9-3-8-16)12-4-2-5-12/h6-7,10,12H,2-5,8-9H2,1H3. The number of hydrogen-bond acceptors (Lipinski definition) is 1. The first-order valence-corrected chi connectivity index (χ1v) is 7.30. The second-order valence-corrected chi connectivity index (χ2v) is 5.49. The van der Waals surface area contributed by atoms with E-state index in [2.05, 4.69) is 0 Å². The zero-order valence-corrected chi connectivity index (χ0v) is 11.9. The van der Waals surface area contributed by atoms with Gasteiger partial charge in [-0.1, -0.05) is 6.07 Å². The molecule has 1 fully saturated rings. The summed E-state index contributed by atoms with van der Waals surface area (Å²) < 4.78 is 13.9. The second kappa shape index (κ2) is 6.38. The molecule has 0 atom stereocenters. The van der Waals surface area contributed by atoms with Gasteiger partial charge in [0, 0.05) is 18.5 Å². The van der Waals surface area contributed by atoms with E-state index < -0.39 is 5.82 Å². The molecular formula is C15H19ClFNO. The van der Waals surface area contributed by atoms with Crippen molar-refractivity contribution in [2.75, 3.05) is 12.4 Å². The number of aryl methyl sites for hydroxylation is 1. The summed E-state index contributed by atoms with van der Waals surface area (Å²) in [5.41, 5.74) is 0.997. The van der Waals surface area contributed by atoms with Crippen LogP contribution in [0.2, 0.25) is 0 Å². The molecule has 0 bridgehead atoms. The molecule has 0 heterocycles. The number of halogens is 2. The van der Waals surface area contributed by atoms with Gasteiger partial charge in [-0.3, -0.25) is 4.79 Å². The number of alkyl halides is 1. The quantitative estimate of drug-likeness (QED) is 0.754. The van der Waals surface area contributed by atoms with Crippen molar-refractivity contribution in [3.8, 4) is 0 Å². The minimum Gasteiger partial charge on any atom is -0.336 e. The molecule has 4 heteroatoms. The van der Waals surface area contributed by atoms with Gasteiger partial charge in [0.2, 0.25) is 0 Å². The Morgan fingerprint density at radius 1 is 1.47 bits per heavy atom. The average Bonchev–Trinajstić information content (AvgIpc) is 2.31. The Kier molecular flexibility index (Phi) is 4.81. The maximum atomic E-state index is 13.9. The van der Waals surface area contributed by atoms with E-state index in [1.807, 2.05) is 6.92 Å². The van der Waals surface area contributed by atoms with E-state index in [9.17, 15) is 9.18 Å². The monoisotopic (exact) mass is 283 g/mol. The number of hydrogen-bond donors (Lipinski definition) is 0. The molecular weight excluding hydrogens is 265 g/mol. The van der Waals surface area contributed by atoms with Gasteiger partial charge in [-0.25, -0.2) is 4.39 Å². The van der Waals surface area contributed by atoms with Crippen LogP contribution < -0.4 is 0 Å². The third kappa shape index (κ3) is 3.27. The van der Waals surface area contributed by atoms with Crippen LogP contribution in [0, 0.1) is 12.7 Å². The molecule has 0 spiro atoms. The van der Waals surface area contributed by atoms with E-state index in [-0.39, 0.29) is 17.5 Å². The van der Waals surface area contributed by atoms with E-state index in [4.69, 9.17) is 11.6 Å². The normalized spacial score (nSPS) is 15.1. The second-order valence-electron chi connectivity index (χ2n) is 5.11. The number of amides is 1. The van der Waals surface area contributed by atoms with Gasteiger partial charge in [0.1, 0.15) is 5.82 Å². The van der Waals surface area contributed by atoms with Gasteiger partial charge in [0.15, 0.2) is 0 Å². The summed E-state index contributed by atoms with van der Waals surface area (Å²) in [5.74, 6) is -0.111. The van der Waals surface area contributed by atoms with E-state index in [1.165, 1.54) is 6.07 Å². The molecule has 104 valence electrons. The minimum absolute atomic E-state index is 0.173. The lowest BCUT2D eigenvalue weighted by molar-refractivity contribution is 0.0576. The molecule has 19 heavy (non-hydrogen) atoms. The van der Waals surface area contributed by atoms with Crippen LogP contribution >= 0.6 is 11.6 Å². The van der Waals surface area contributed by atoms with Gasteiger partial charge >= 0.3 is 0 Å². The Hall–Kier alpha value is -1.09. The summed E-state index contributed by atoms with van der Waals surface area (Å²) in [7, 11) is 0. The molecule has 1 aromatic rings. The van der Waals surface area contributed by atoms with Crippen LogP contribution in [0.15, 0.2) is 18.2 Å². The van der Waals surface area contributed by atoms with Crippen molar-refractivity contribution in [2.24, 2.45) is 0 Å². The maximum absolute atomic E-state index is 13.9. The zero-order chi connectivity index (χ0) is 13.8. The molecule has 1 amide bonds. The largest absolute Gasteiger partial charge is 0.336 e. The Bertz CT molecular complexity index is 459. The molecule has 1 aliphatic rings. The van der Waals surface area contributed by atoms with Gasteiger partial charge in [-0.15, -0.1) is 11.6 Å². The van der Waals surface area contributed by atoms with Crippen molar-refractivity contribution in [1.82, 2.24) is 4.90 Å². The molecule has 0 aliphatic heterocycles. The Balaban J connectivity index is 2.17.